The summed E-state index contributed by atoms with van der Waals surface area (Å²) in [5, 5.41) is 6.32. The van der Waals surface area contributed by atoms with Crippen LogP contribution in [0, 0.1) is 5.92 Å². The summed E-state index contributed by atoms with van der Waals surface area (Å²) in [7, 11) is 4.93. The van der Waals surface area contributed by atoms with Crippen LogP contribution in [0.3, 0.4) is 0 Å². The van der Waals surface area contributed by atoms with E-state index in [1.54, 1.807) is 0 Å². The van der Waals surface area contributed by atoms with Crippen molar-refractivity contribution in [1.82, 2.24) is 4.98 Å². The molecule has 1 aliphatic carbocycles. The minimum atomic E-state index is 0.537. The van der Waals surface area contributed by atoms with Crippen molar-refractivity contribution in [1.29, 1.82) is 0 Å². The molecular weight excluding hydrogens is 539 g/mol. The van der Waals surface area contributed by atoms with Crippen molar-refractivity contribution in [3.63, 3.8) is 0 Å². The van der Waals surface area contributed by atoms with Crippen molar-refractivity contribution < 1.29 is 4.57 Å². The lowest BCUT2D eigenvalue weighted by atomic mass is 9.85. The zero-order chi connectivity index (χ0) is 31.2. The highest BCUT2D eigenvalue weighted by molar-refractivity contribution is 7.27. The van der Waals surface area contributed by atoms with Gasteiger partial charge in [-0.15, -0.1) is 15.8 Å². The fourth-order valence-corrected chi connectivity index (χ4v) is 5.51. The number of hydrogen-bond acceptors (Lipinski definition) is 1. The second kappa shape index (κ2) is 17.3. The summed E-state index contributed by atoms with van der Waals surface area (Å²) in [5.41, 5.74) is 6.29. The number of pyridine rings is 2. The molecule has 0 radical (unpaired) electrons. The standard InChI is InChI=1S/C19H19N.C16H19NP.C5H10/c1-2-3-8-15-9-4-6-11-17(15)19-18-12-7-5-10-16(18)13-14-20-19;1-4-12-9-10-15(18)16(13(12)5-2)14-8-6-7-11-17(14)3;1-4-5(2)3/h2-7,10-15H,8-9H2,1H3;4-11H,18H2,1-3H3;2,4H2,1,3H3/q;+1;/b;12-4-,13-5+;. The van der Waals surface area contributed by atoms with Gasteiger partial charge < -0.3 is 0 Å². The number of fused-ring (bicyclic) bond motifs is 1. The maximum atomic E-state index is 4.66. The van der Waals surface area contributed by atoms with E-state index in [0.29, 0.717) is 5.92 Å². The monoisotopic (exact) mass is 587 g/mol. The van der Waals surface area contributed by atoms with Crippen LogP contribution in [-0.4, -0.2) is 4.98 Å². The van der Waals surface area contributed by atoms with Crippen LogP contribution in [0.5, 0.6) is 0 Å². The van der Waals surface area contributed by atoms with E-state index in [-0.39, 0.29) is 0 Å². The molecule has 3 heteroatoms. The summed E-state index contributed by atoms with van der Waals surface area (Å²) >= 11 is 0. The quantitative estimate of drug-likeness (QED) is 0.130. The summed E-state index contributed by atoms with van der Waals surface area (Å²) in [4.78, 5) is 4.66. The number of hydrogen-bond donors (Lipinski definition) is 0. The maximum Gasteiger partial charge on any atom is 0.213 e. The Morgan fingerprint density at radius 2 is 1.77 bits per heavy atom. The van der Waals surface area contributed by atoms with Crippen LogP contribution in [0.4, 0.5) is 0 Å². The number of rotatable bonds is 5. The second-order valence-electron chi connectivity index (χ2n) is 10.8. The van der Waals surface area contributed by atoms with Crippen molar-refractivity contribution in [2.75, 3.05) is 0 Å². The van der Waals surface area contributed by atoms with Crippen molar-refractivity contribution in [3.8, 4) is 11.3 Å². The molecule has 0 spiro atoms. The lowest BCUT2D eigenvalue weighted by Crippen LogP contribution is -2.37. The Hall–Kier alpha value is -3.87. The van der Waals surface area contributed by atoms with Crippen LogP contribution < -0.4 is 20.3 Å². The van der Waals surface area contributed by atoms with Gasteiger partial charge in [0.2, 0.25) is 5.69 Å². The zero-order valence-corrected chi connectivity index (χ0v) is 28.0. The number of benzene rings is 2. The highest BCUT2D eigenvalue weighted by Crippen LogP contribution is 2.34. The molecule has 2 unspecified atom stereocenters. The molecule has 0 saturated heterocycles. The van der Waals surface area contributed by atoms with Crippen LogP contribution in [0.25, 0.3) is 39.8 Å². The predicted octanol–water partition coefficient (Wildman–Crippen LogP) is 8.41. The smallest absolute Gasteiger partial charge is 0.213 e. The molecule has 0 fully saturated rings. The Bertz CT molecular complexity index is 1740. The van der Waals surface area contributed by atoms with Crippen LogP contribution in [0.15, 0.2) is 116 Å². The number of aryl methyl sites for hydroxylation is 1. The van der Waals surface area contributed by atoms with Gasteiger partial charge in [0.15, 0.2) is 6.20 Å². The fourth-order valence-electron chi connectivity index (χ4n) is 5.11. The van der Waals surface area contributed by atoms with Crippen molar-refractivity contribution >= 4 is 43.0 Å². The van der Waals surface area contributed by atoms with Crippen molar-refractivity contribution in [3.05, 3.63) is 132 Å². The third-order valence-corrected chi connectivity index (χ3v) is 8.18. The largest absolute Gasteiger partial charge is 0.256 e. The SMILES string of the molecule is C/C=c1/ccc(P)c(-c2cccc[n+]2C)/c1=C/C.C=C(C)CC.CC=CCC1CC=CC=C1c1nccc2ccccc12. The summed E-state index contributed by atoms with van der Waals surface area (Å²) in [6, 6.07) is 21.2. The molecule has 1 aliphatic rings. The molecule has 2 heterocycles. The van der Waals surface area contributed by atoms with E-state index in [1.165, 1.54) is 48.9 Å². The zero-order valence-electron chi connectivity index (χ0n) is 26.8. The van der Waals surface area contributed by atoms with E-state index in [4.69, 9.17) is 0 Å². The van der Waals surface area contributed by atoms with E-state index in [1.807, 2.05) is 13.1 Å². The first-order chi connectivity index (χ1) is 20.9. The van der Waals surface area contributed by atoms with Gasteiger partial charge in [-0.3, -0.25) is 4.98 Å². The average molecular weight is 588 g/mol. The van der Waals surface area contributed by atoms with Crippen LogP contribution in [-0.2, 0) is 7.05 Å². The minimum absolute atomic E-state index is 0.537. The molecule has 2 nitrogen and oxygen atoms in total. The Labute approximate surface area is 261 Å². The molecule has 43 heavy (non-hydrogen) atoms. The van der Waals surface area contributed by atoms with Gasteiger partial charge in [0.25, 0.3) is 0 Å². The van der Waals surface area contributed by atoms with E-state index in [2.05, 4.69) is 170 Å². The molecule has 0 amide bonds. The van der Waals surface area contributed by atoms with Gasteiger partial charge in [-0.1, -0.05) is 91.4 Å². The molecular formula is C40H48N2P+. The maximum absolute atomic E-state index is 4.66. The van der Waals surface area contributed by atoms with Crippen LogP contribution >= 0.6 is 9.24 Å². The molecule has 2 atom stereocenters. The third kappa shape index (κ3) is 9.06. The topological polar surface area (TPSA) is 16.8 Å². The van der Waals surface area contributed by atoms with E-state index in [9.17, 15) is 0 Å². The summed E-state index contributed by atoms with van der Waals surface area (Å²) in [5.74, 6) is 0.537. The van der Waals surface area contributed by atoms with Gasteiger partial charge in [-0.25, -0.2) is 4.57 Å². The first kappa shape index (κ1) is 33.6. The third-order valence-electron chi connectivity index (χ3n) is 7.70. The first-order valence-electron chi connectivity index (χ1n) is 15.3. The average Bonchev–Trinajstić information content (AvgIpc) is 3.04. The molecule has 2 aromatic heterocycles. The summed E-state index contributed by atoms with van der Waals surface area (Å²) < 4.78 is 2.16. The Morgan fingerprint density at radius 1 is 1.02 bits per heavy atom. The van der Waals surface area contributed by atoms with E-state index in [0.717, 1.165) is 25.0 Å². The molecule has 0 aliphatic heterocycles. The van der Waals surface area contributed by atoms with Crippen LogP contribution in [0.2, 0.25) is 0 Å². The Morgan fingerprint density at radius 3 is 2.44 bits per heavy atom. The molecule has 5 rings (SSSR count). The van der Waals surface area contributed by atoms with Gasteiger partial charge in [0.1, 0.15) is 7.05 Å². The van der Waals surface area contributed by atoms with Gasteiger partial charge in [0, 0.05) is 23.7 Å². The van der Waals surface area contributed by atoms with Crippen LogP contribution in [0.1, 0.15) is 59.6 Å². The highest BCUT2D eigenvalue weighted by Gasteiger charge is 2.18. The van der Waals surface area contributed by atoms with Crippen molar-refractivity contribution in [2.24, 2.45) is 13.0 Å². The minimum Gasteiger partial charge on any atom is -0.256 e. The molecule has 0 saturated carbocycles. The Kier molecular flexibility index (Phi) is 13.5. The highest BCUT2D eigenvalue weighted by atomic mass is 31.0. The molecule has 0 N–H and O–H groups in total. The van der Waals surface area contributed by atoms with E-state index >= 15 is 0 Å². The van der Waals surface area contributed by atoms with Gasteiger partial charge in [0.05, 0.1) is 11.3 Å². The number of allylic oxidation sites excluding steroid dienone is 7. The predicted molar refractivity (Wildman–Crippen MR) is 193 cm³/mol. The second-order valence-corrected chi connectivity index (χ2v) is 11.4. The van der Waals surface area contributed by atoms with Gasteiger partial charge in [-0.2, -0.15) is 0 Å². The number of aromatic nitrogens is 2. The normalized spacial score (nSPS) is 15.0. The molecule has 4 aromatic rings. The van der Waals surface area contributed by atoms with Crippen molar-refractivity contribution in [2.45, 2.75) is 53.9 Å². The lowest BCUT2D eigenvalue weighted by molar-refractivity contribution is -0.660. The summed E-state index contributed by atoms with van der Waals surface area (Å²) in [6.45, 7) is 14.1. The molecule has 0 bridgehead atoms. The summed E-state index contributed by atoms with van der Waals surface area (Å²) in [6.07, 6.45) is 22.7. The fraction of sp³-hybridized carbons (Fsp3) is 0.250. The Balaban J connectivity index is 0.000000205. The van der Waals surface area contributed by atoms with E-state index < -0.39 is 0 Å². The molecule has 222 valence electrons. The van der Waals surface area contributed by atoms with Gasteiger partial charge >= 0.3 is 0 Å². The van der Waals surface area contributed by atoms with Gasteiger partial charge in [-0.05, 0) is 91.7 Å². The first-order valence-corrected chi connectivity index (χ1v) is 15.9. The number of nitrogens with zero attached hydrogens (tertiary/aromatic N) is 2. The molecule has 2 aromatic carbocycles. The lowest BCUT2D eigenvalue weighted by Gasteiger charge is -2.21.